The Morgan fingerprint density at radius 2 is 2.05 bits per heavy atom. The predicted molar refractivity (Wildman–Crippen MR) is 81.0 cm³/mol. The lowest BCUT2D eigenvalue weighted by atomic mass is 10.1. The summed E-state index contributed by atoms with van der Waals surface area (Å²) in [4.78, 5) is 27.3. The van der Waals surface area contributed by atoms with E-state index in [0.29, 0.717) is 11.1 Å². The van der Waals surface area contributed by atoms with Gasteiger partial charge in [0.05, 0.1) is 6.42 Å². The molecule has 1 aliphatic rings. The number of rotatable bonds is 4. The Morgan fingerprint density at radius 1 is 1.23 bits per heavy atom. The molecule has 0 fully saturated rings. The summed E-state index contributed by atoms with van der Waals surface area (Å²) in [5.41, 5.74) is 2.65. The van der Waals surface area contributed by atoms with Gasteiger partial charge in [0.2, 0.25) is 5.91 Å². The van der Waals surface area contributed by atoms with E-state index < -0.39 is 0 Å². The average molecular weight is 300 g/mol. The fourth-order valence-electron chi connectivity index (χ4n) is 2.79. The fraction of sp³-hybridized carbons (Fsp3) is 0.294. The molecule has 1 heterocycles. The van der Waals surface area contributed by atoms with Crippen LogP contribution in [0, 0.1) is 5.82 Å². The van der Waals surface area contributed by atoms with Crippen LogP contribution in [0.5, 0.6) is 0 Å². The van der Waals surface area contributed by atoms with Crippen molar-refractivity contribution >= 4 is 5.91 Å². The van der Waals surface area contributed by atoms with Gasteiger partial charge in [-0.1, -0.05) is 18.2 Å². The van der Waals surface area contributed by atoms with Gasteiger partial charge in [0.1, 0.15) is 5.82 Å². The highest BCUT2D eigenvalue weighted by atomic mass is 19.1. The van der Waals surface area contributed by atoms with E-state index in [4.69, 9.17) is 0 Å². The van der Waals surface area contributed by atoms with Crippen molar-refractivity contribution in [1.29, 1.82) is 0 Å². The maximum Gasteiger partial charge on any atom is 0.224 e. The number of halogens is 1. The Hall–Kier alpha value is -2.43. The van der Waals surface area contributed by atoms with Gasteiger partial charge in [0, 0.05) is 35.1 Å². The molecule has 0 saturated carbocycles. The summed E-state index contributed by atoms with van der Waals surface area (Å²) in [6.45, 7) is 0.119. The van der Waals surface area contributed by atoms with E-state index in [1.54, 1.807) is 24.4 Å². The second-order valence-electron chi connectivity index (χ2n) is 5.50. The fourth-order valence-corrected chi connectivity index (χ4v) is 2.79. The third-order valence-corrected chi connectivity index (χ3v) is 3.99. The van der Waals surface area contributed by atoms with Crippen molar-refractivity contribution < 1.29 is 9.18 Å². The molecule has 1 aromatic carbocycles. The molecule has 1 amide bonds. The van der Waals surface area contributed by atoms with Gasteiger partial charge in [-0.2, -0.15) is 0 Å². The lowest BCUT2D eigenvalue weighted by Gasteiger charge is -2.07. The van der Waals surface area contributed by atoms with Gasteiger partial charge >= 0.3 is 0 Å². The molecule has 0 atom stereocenters. The van der Waals surface area contributed by atoms with Crippen molar-refractivity contribution in [2.24, 2.45) is 0 Å². The summed E-state index contributed by atoms with van der Waals surface area (Å²) in [6.07, 6.45) is 4.27. The summed E-state index contributed by atoms with van der Waals surface area (Å²) in [7, 11) is 0. The van der Waals surface area contributed by atoms with Gasteiger partial charge in [-0.3, -0.25) is 9.59 Å². The summed E-state index contributed by atoms with van der Waals surface area (Å²) in [6, 6.07) is 6.30. The Labute approximate surface area is 127 Å². The monoisotopic (exact) mass is 300 g/mol. The summed E-state index contributed by atoms with van der Waals surface area (Å²) in [5.74, 6) is -0.634. The minimum atomic E-state index is -0.349. The molecular weight excluding hydrogens is 283 g/mol. The number of nitrogens with one attached hydrogen (secondary N) is 2. The molecule has 1 aromatic heterocycles. The number of carbonyl (C=O) groups is 1. The van der Waals surface area contributed by atoms with Crippen LogP contribution in [-0.2, 0) is 30.6 Å². The topological polar surface area (TPSA) is 62.0 Å². The van der Waals surface area contributed by atoms with Gasteiger partial charge < -0.3 is 10.3 Å². The van der Waals surface area contributed by atoms with Gasteiger partial charge in [-0.05, 0) is 25.3 Å². The van der Waals surface area contributed by atoms with Crippen LogP contribution in [0.15, 0.2) is 35.3 Å². The first-order valence-electron chi connectivity index (χ1n) is 7.37. The molecule has 3 rings (SSSR count). The second-order valence-corrected chi connectivity index (χ2v) is 5.50. The number of aryl methyl sites for hydroxylation is 1. The normalized spacial score (nSPS) is 13.0. The molecule has 2 N–H and O–H groups in total. The van der Waals surface area contributed by atoms with Crippen LogP contribution in [0.2, 0.25) is 0 Å². The largest absolute Gasteiger partial charge is 0.364 e. The summed E-state index contributed by atoms with van der Waals surface area (Å²) in [5, 5.41) is 2.65. The lowest BCUT2D eigenvalue weighted by molar-refractivity contribution is -0.120. The minimum absolute atomic E-state index is 0.0110. The zero-order chi connectivity index (χ0) is 15.5. The summed E-state index contributed by atoms with van der Waals surface area (Å²) < 4.78 is 13.5. The van der Waals surface area contributed by atoms with Crippen LogP contribution < -0.4 is 10.7 Å². The predicted octanol–water partition coefficient (Wildman–Crippen LogP) is 1.86. The molecule has 22 heavy (non-hydrogen) atoms. The number of fused-ring (bicyclic) bond motifs is 1. The number of hydrogen-bond donors (Lipinski definition) is 2. The molecule has 4 nitrogen and oxygen atoms in total. The second kappa shape index (κ2) is 6.13. The third kappa shape index (κ3) is 2.93. The van der Waals surface area contributed by atoms with Crippen LogP contribution in [0.25, 0.3) is 0 Å². The number of amides is 1. The number of H-pyrrole nitrogens is 1. The minimum Gasteiger partial charge on any atom is -0.364 e. The van der Waals surface area contributed by atoms with Crippen molar-refractivity contribution in [3.63, 3.8) is 0 Å². The number of aromatic amines is 1. The van der Waals surface area contributed by atoms with Gasteiger partial charge in [-0.15, -0.1) is 0 Å². The Kier molecular flexibility index (Phi) is 4.04. The standard InChI is InChI=1S/C17H17FN2O2/c18-14-6-2-1-4-11(14)9-20-16(21)8-12-10-19-15-7-3-5-13(15)17(12)22/h1-2,4,6,10H,3,5,7-9H2,(H,19,22)(H,20,21). The molecule has 0 unspecified atom stereocenters. The van der Waals surface area contributed by atoms with E-state index in [-0.39, 0.29) is 30.1 Å². The van der Waals surface area contributed by atoms with Crippen molar-refractivity contribution in [1.82, 2.24) is 10.3 Å². The number of hydrogen-bond acceptors (Lipinski definition) is 2. The van der Waals surface area contributed by atoms with Crippen LogP contribution in [0.1, 0.15) is 28.8 Å². The number of carbonyl (C=O) groups excluding carboxylic acids is 1. The first-order chi connectivity index (χ1) is 10.6. The molecule has 0 saturated heterocycles. The SMILES string of the molecule is O=C(Cc1c[nH]c2c(c1=O)CCC2)NCc1ccccc1F. The molecule has 0 bridgehead atoms. The molecule has 0 aliphatic heterocycles. The van der Waals surface area contributed by atoms with Crippen LogP contribution in [-0.4, -0.2) is 10.9 Å². The van der Waals surface area contributed by atoms with Gasteiger partial charge in [-0.25, -0.2) is 4.39 Å². The zero-order valence-electron chi connectivity index (χ0n) is 12.1. The van der Waals surface area contributed by atoms with E-state index in [0.717, 1.165) is 30.5 Å². The number of pyridine rings is 1. The maximum absolute atomic E-state index is 13.5. The van der Waals surface area contributed by atoms with Crippen molar-refractivity contribution in [3.05, 3.63) is 68.9 Å². The van der Waals surface area contributed by atoms with E-state index in [2.05, 4.69) is 10.3 Å². The molecule has 5 heteroatoms. The Morgan fingerprint density at radius 3 is 2.86 bits per heavy atom. The van der Waals surface area contributed by atoms with Crippen LogP contribution in [0.4, 0.5) is 4.39 Å². The molecule has 0 radical (unpaired) electrons. The van der Waals surface area contributed by atoms with E-state index in [9.17, 15) is 14.0 Å². The first-order valence-corrected chi connectivity index (χ1v) is 7.37. The zero-order valence-corrected chi connectivity index (χ0v) is 12.1. The Bertz CT molecular complexity index is 767. The van der Waals surface area contributed by atoms with Gasteiger partial charge in [0.25, 0.3) is 0 Å². The van der Waals surface area contributed by atoms with E-state index in [1.165, 1.54) is 6.07 Å². The van der Waals surface area contributed by atoms with Crippen molar-refractivity contribution in [2.75, 3.05) is 0 Å². The number of aromatic nitrogens is 1. The Balaban J connectivity index is 1.65. The lowest BCUT2D eigenvalue weighted by Crippen LogP contribution is -2.28. The van der Waals surface area contributed by atoms with Crippen molar-refractivity contribution in [3.8, 4) is 0 Å². The average Bonchev–Trinajstić information content (AvgIpc) is 2.99. The molecule has 114 valence electrons. The van der Waals surface area contributed by atoms with Crippen LogP contribution >= 0.6 is 0 Å². The first kappa shape index (κ1) is 14.5. The number of benzene rings is 1. The maximum atomic E-state index is 13.5. The van der Waals surface area contributed by atoms with E-state index >= 15 is 0 Å². The molecular formula is C17H17FN2O2. The highest BCUT2D eigenvalue weighted by Crippen LogP contribution is 2.16. The summed E-state index contributed by atoms with van der Waals surface area (Å²) >= 11 is 0. The molecule has 1 aliphatic carbocycles. The third-order valence-electron chi connectivity index (χ3n) is 3.99. The van der Waals surface area contributed by atoms with E-state index in [1.807, 2.05) is 0 Å². The molecule has 0 spiro atoms. The quantitative estimate of drug-likeness (QED) is 0.905. The smallest absolute Gasteiger partial charge is 0.224 e. The highest BCUT2D eigenvalue weighted by Gasteiger charge is 2.18. The van der Waals surface area contributed by atoms with Crippen molar-refractivity contribution in [2.45, 2.75) is 32.2 Å². The highest BCUT2D eigenvalue weighted by molar-refractivity contribution is 5.78. The van der Waals surface area contributed by atoms with Gasteiger partial charge in [0.15, 0.2) is 5.43 Å². The van der Waals surface area contributed by atoms with Crippen LogP contribution in [0.3, 0.4) is 0 Å². The molecule has 2 aromatic rings.